The second-order valence-electron chi connectivity index (χ2n) is 8.19. The molecule has 3 N–H and O–H groups in total. The summed E-state index contributed by atoms with van der Waals surface area (Å²) in [5, 5.41) is 3.46. The average molecular weight is 476 g/mol. The molecule has 172 valence electrons. The summed E-state index contributed by atoms with van der Waals surface area (Å²) in [6.45, 7) is 1.21. The summed E-state index contributed by atoms with van der Waals surface area (Å²) in [5.74, 6) is -1.68. The van der Waals surface area contributed by atoms with Gasteiger partial charge in [-0.2, -0.15) is 0 Å². The van der Waals surface area contributed by atoms with E-state index < -0.39 is 35.8 Å². The third kappa shape index (κ3) is 3.61. The van der Waals surface area contributed by atoms with Gasteiger partial charge in [-0.1, -0.05) is 54.6 Å². The molecule has 1 aliphatic carbocycles. The Hall–Kier alpha value is -4.05. The third-order valence-corrected chi connectivity index (χ3v) is 7.27. The van der Waals surface area contributed by atoms with Crippen LogP contribution in [-0.4, -0.2) is 40.2 Å². The molecule has 1 spiro atoms. The topological polar surface area (TPSA) is 120 Å². The Morgan fingerprint density at radius 1 is 1.09 bits per heavy atom. The maximum atomic E-state index is 13.1. The van der Waals surface area contributed by atoms with Crippen molar-refractivity contribution in [1.29, 1.82) is 0 Å². The van der Waals surface area contributed by atoms with E-state index in [0.29, 0.717) is 28.4 Å². The standard InChI is InChI=1S/C24H21N5O4S/c1-14-19(34-21(25-14)16-8-3-2-4-9-16)20(31)28-27-18(30)13-29-22(32)24(26-23(29)33)12-11-15-7-5-6-10-17(15)24/h2-10H,11-13H2,1H3,(H,26,33)(H,27,30)(H,28,31). The van der Waals surface area contributed by atoms with Crippen molar-refractivity contribution >= 4 is 35.1 Å². The fourth-order valence-electron chi connectivity index (χ4n) is 4.41. The van der Waals surface area contributed by atoms with Crippen LogP contribution in [0.4, 0.5) is 4.79 Å². The minimum Gasteiger partial charge on any atom is -0.319 e. The summed E-state index contributed by atoms with van der Waals surface area (Å²) in [7, 11) is 0. The van der Waals surface area contributed by atoms with Crippen LogP contribution < -0.4 is 16.2 Å². The number of nitrogens with zero attached hydrogens (tertiary/aromatic N) is 2. The Balaban J connectivity index is 1.23. The van der Waals surface area contributed by atoms with Gasteiger partial charge in [-0.15, -0.1) is 11.3 Å². The van der Waals surface area contributed by atoms with E-state index in [0.717, 1.165) is 21.6 Å². The largest absolute Gasteiger partial charge is 0.325 e. The molecule has 5 rings (SSSR count). The monoisotopic (exact) mass is 475 g/mol. The molecule has 0 saturated carbocycles. The van der Waals surface area contributed by atoms with Crippen molar-refractivity contribution in [2.24, 2.45) is 0 Å². The third-order valence-electron chi connectivity index (χ3n) is 6.06. The van der Waals surface area contributed by atoms with Crippen molar-refractivity contribution in [1.82, 2.24) is 26.1 Å². The lowest BCUT2D eigenvalue weighted by Crippen LogP contribution is -2.48. The molecule has 5 amide bonds. The maximum Gasteiger partial charge on any atom is 0.325 e. The number of carbonyl (C=O) groups is 4. The van der Waals surface area contributed by atoms with Gasteiger partial charge in [0, 0.05) is 5.56 Å². The first-order valence-electron chi connectivity index (χ1n) is 10.7. The van der Waals surface area contributed by atoms with Crippen molar-refractivity contribution in [3.05, 3.63) is 76.3 Å². The summed E-state index contributed by atoms with van der Waals surface area (Å²) in [5.41, 5.74) is 6.69. The van der Waals surface area contributed by atoms with Gasteiger partial charge in [-0.25, -0.2) is 9.78 Å². The average Bonchev–Trinajstić information content (AvgIpc) is 3.49. The number of benzene rings is 2. The van der Waals surface area contributed by atoms with Crippen molar-refractivity contribution in [2.45, 2.75) is 25.3 Å². The number of aryl methyl sites for hydroxylation is 2. The number of imide groups is 1. The van der Waals surface area contributed by atoms with Gasteiger partial charge in [-0.3, -0.25) is 30.1 Å². The second-order valence-corrected chi connectivity index (χ2v) is 9.18. The quantitative estimate of drug-likeness (QED) is 0.395. The zero-order valence-electron chi connectivity index (χ0n) is 18.3. The van der Waals surface area contributed by atoms with Crippen LogP contribution in [0.25, 0.3) is 10.6 Å². The van der Waals surface area contributed by atoms with Gasteiger partial charge in [-0.05, 0) is 30.9 Å². The molecule has 10 heteroatoms. The number of hydrazine groups is 1. The first kappa shape index (κ1) is 21.8. The van der Waals surface area contributed by atoms with Crippen molar-refractivity contribution in [2.75, 3.05) is 6.54 Å². The van der Waals surface area contributed by atoms with Crippen LogP contribution in [0.2, 0.25) is 0 Å². The Morgan fingerprint density at radius 2 is 1.82 bits per heavy atom. The normalized spacial score (nSPS) is 18.7. The maximum absolute atomic E-state index is 13.1. The first-order chi connectivity index (χ1) is 16.4. The molecule has 1 aromatic heterocycles. The minimum absolute atomic E-state index is 0.357. The van der Waals surface area contributed by atoms with E-state index in [1.165, 1.54) is 11.3 Å². The van der Waals surface area contributed by atoms with E-state index >= 15 is 0 Å². The van der Waals surface area contributed by atoms with Crippen molar-refractivity contribution < 1.29 is 19.2 Å². The molecule has 1 atom stereocenters. The number of carbonyl (C=O) groups excluding carboxylic acids is 4. The SMILES string of the molecule is Cc1nc(-c2ccccc2)sc1C(=O)NNC(=O)CN1C(=O)NC2(CCc3ccccc32)C1=O. The van der Waals surface area contributed by atoms with Gasteiger partial charge in [0.2, 0.25) is 0 Å². The summed E-state index contributed by atoms with van der Waals surface area (Å²) in [4.78, 5) is 56.5. The molecule has 2 aliphatic rings. The molecule has 1 saturated heterocycles. The zero-order chi connectivity index (χ0) is 23.9. The Kier molecular flexibility index (Phi) is 5.37. The van der Waals surface area contributed by atoms with Crippen LogP contribution in [0.1, 0.15) is 32.9 Å². The van der Waals surface area contributed by atoms with E-state index in [1.807, 2.05) is 54.6 Å². The highest BCUT2D eigenvalue weighted by atomic mass is 32.1. The van der Waals surface area contributed by atoms with E-state index in [9.17, 15) is 19.2 Å². The molecule has 9 nitrogen and oxygen atoms in total. The summed E-state index contributed by atoms with van der Waals surface area (Å²) in [6.07, 6.45) is 1.11. The Morgan fingerprint density at radius 3 is 2.62 bits per heavy atom. The number of urea groups is 1. The number of rotatable bonds is 4. The molecule has 1 fully saturated rings. The highest BCUT2D eigenvalue weighted by Crippen LogP contribution is 2.41. The summed E-state index contributed by atoms with van der Waals surface area (Å²) < 4.78 is 0. The van der Waals surface area contributed by atoms with Crippen LogP contribution in [0.15, 0.2) is 54.6 Å². The van der Waals surface area contributed by atoms with E-state index in [1.54, 1.807) is 6.92 Å². The molecule has 1 unspecified atom stereocenters. The fraction of sp³-hybridized carbons (Fsp3) is 0.208. The molecule has 1 aliphatic heterocycles. The number of hydrogen-bond donors (Lipinski definition) is 3. The van der Waals surface area contributed by atoms with Crippen LogP contribution in [0, 0.1) is 6.92 Å². The van der Waals surface area contributed by atoms with Gasteiger partial charge in [0.25, 0.3) is 17.7 Å². The summed E-state index contributed by atoms with van der Waals surface area (Å²) in [6, 6.07) is 16.3. The van der Waals surface area contributed by atoms with E-state index in [2.05, 4.69) is 21.2 Å². The zero-order valence-corrected chi connectivity index (χ0v) is 19.1. The van der Waals surface area contributed by atoms with Gasteiger partial charge < -0.3 is 5.32 Å². The van der Waals surface area contributed by atoms with Crippen molar-refractivity contribution in [3.8, 4) is 10.6 Å². The van der Waals surface area contributed by atoms with E-state index in [-0.39, 0.29) is 0 Å². The lowest BCUT2D eigenvalue weighted by Gasteiger charge is -2.22. The molecule has 34 heavy (non-hydrogen) atoms. The number of nitrogens with one attached hydrogen (secondary N) is 3. The highest BCUT2D eigenvalue weighted by molar-refractivity contribution is 7.17. The van der Waals surface area contributed by atoms with Crippen molar-refractivity contribution in [3.63, 3.8) is 0 Å². The number of aromatic nitrogens is 1. The minimum atomic E-state index is -1.13. The van der Waals surface area contributed by atoms with E-state index in [4.69, 9.17) is 0 Å². The van der Waals surface area contributed by atoms with Gasteiger partial charge >= 0.3 is 6.03 Å². The molecular formula is C24H21N5O4S. The Labute approximate surface area is 199 Å². The Bertz CT molecular complexity index is 1320. The number of amides is 5. The molecule has 2 heterocycles. The second kappa shape index (κ2) is 8.38. The molecule has 0 radical (unpaired) electrons. The lowest BCUT2D eigenvalue weighted by molar-refractivity contribution is -0.135. The van der Waals surface area contributed by atoms with Crippen LogP contribution in [0.5, 0.6) is 0 Å². The summed E-state index contributed by atoms with van der Waals surface area (Å²) >= 11 is 1.21. The smallest absolute Gasteiger partial charge is 0.319 e. The van der Waals surface area contributed by atoms with Crippen LogP contribution in [0.3, 0.4) is 0 Å². The first-order valence-corrected chi connectivity index (χ1v) is 11.6. The fourth-order valence-corrected chi connectivity index (χ4v) is 5.38. The molecule has 3 aromatic rings. The molecular weight excluding hydrogens is 454 g/mol. The van der Waals surface area contributed by atoms with Gasteiger partial charge in [0.15, 0.2) is 0 Å². The number of fused-ring (bicyclic) bond motifs is 2. The van der Waals surface area contributed by atoms with Gasteiger partial charge in [0.1, 0.15) is 22.0 Å². The highest BCUT2D eigenvalue weighted by Gasteiger charge is 2.55. The predicted molar refractivity (Wildman–Crippen MR) is 125 cm³/mol. The lowest BCUT2D eigenvalue weighted by atomic mass is 9.92. The van der Waals surface area contributed by atoms with Crippen LogP contribution >= 0.6 is 11.3 Å². The predicted octanol–water partition coefficient (Wildman–Crippen LogP) is 2.27. The molecule has 2 aromatic carbocycles. The molecule has 0 bridgehead atoms. The number of thiazole rings is 1. The number of hydrogen-bond acceptors (Lipinski definition) is 6. The van der Waals surface area contributed by atoms with Crippen LogP contribution in [-0.2, 0) is 21.5 Å². The van der Waals surface area contributed by atoms with Gasteiger partial charge in [0.05, 0.1) is 5.69 Å².